The second kappa shape index (κ2) is 7.12. The van der Waals surface area contributed by atoms with E-state index >= 15 is 0 Å². The summed E-state index contributed by atoms with van der Waals surface area (Å²) in [7, 11) is 0. The van der Waals surface area contributed by atoms with E-state index in [-0.39, 0.29) is 0 Å². The molecule has 0 atom stereocenters. The summed E-state index contributed by atoms with van der Waals surface area (Å²) in [6.07, 6.45) is 12.1. The van der Waals surface area contributed by atoms with E-state index in [0.717, 1.165) is 11.3 Å². The van der Waals surface area contributed by atoms with Gasteiger partial charge in [-0.3, -0.25) is 0 Å². The second-order valence-corrected chi connectivity index (χ2v) is 3.85. The lowest BCUT2D eigenvalue weighted by molar-refractivity contribution is -0.131. The molecule has 18 heavy (non-hydrogen) atoms. The number of hydrogen-bond acceptors (Lipinski definition) is 2. The molecule has 1 aromatic heterocycles. The first-order chi connectivity index (χ1) is 8.58. The molecule has 0 amide bonds. The molecule has 0 aliphatic rings. The summed E-state index contributed by atoms with van der Waals surface area (Å²) < 4.78 is 5.16. The van der Waals surface area contributed by atoms with Crippen LogP contribution in [0.25, 0.3) is 6.08 Å². The van der Waals surface area contributed by atoms with Crippen LogP contribution in [0.2, 0.25) is 0 Å². The minimum Gasteiger partial charge on any atom is -0.478 e. The normalized spacial score (nSPS) is 13.7. The molecule has 94 valence electrons. The fourth-order valence-electron chi connectivity index (χ4n) is 1.25. The highest BCUT2D eigenvalue weighted by atomic mass is 16.4. The SMILES string of the molecule is CC(/C=C/c1ccco1)=C\C=C\C(C)=C\C(=O)O. The smallest absolute Gasteiger partial charge is 0.328 e. The predicted octanol–water partition coefficient (Wildman–Crippen LogP) is 3.83. The molecule has 1 rings (SSSR count). The average Bonchev–Trinajstić information content (AvgIpc) is 2.78. The van der Waals surface area contributed by atoms with Gasteiger partial charge in [-0.2, -0.15) is 0 Å². The zero-order valence-electron chi connectivity index (χ0n) is 10.5. The van der Waals surface area contributed by atoms with E-state index in [1.54, 1.807) is 19.3 Å². The Kier molecular flexibility index (Phi) is 5.45. The fourth-order valence-corrected chi connectivity index (χ4v) is 1.25. The molecule has 1 heterocycles. The molecule has 0 spiro atoms. The molecule has 0 bridgehead atoms. The van der Waals surface area contributed by atoms with Crippen molar-refractivity contribution in [2.24, 2.45) is 0 Å². The van der Waals surface area contributed by atoms with Gasteiger partial charge in [0.1, 0.15) is 5.76 Å². The molecule has 0 aliphatic heterocycles. The van der Waals surface area contributed by atoms with E-state index in [1.807, 2.05) is 43.4 Å². The Bertz CT molecular complexity index is 500. The molecular formula is C15H16O3. The molecule has 1 N–H and O–H groups in total. The van der Waals surface area contributed by atoms with Crippen molar-refractivity contribution in [3.63, 3.8) is 0 Å². The van der Waals surface area contributed by atoms with Gasteiger partial charge in [-0.25, -0.2) is 4.79 Å². The summed E-state index contributed by atoms with van der Waals surface area (Å²) in [5, 5.41) is 8.54. The Hall–Kier alpha value is -2.29. The molecule has 0 fully saturated rings. The van der Waals surface area contributed by atoms with Gasteiger partial charge in [-0.15, -0.1) is 0 Å². The largest absolute Gasteiger partial charge is 0.478 e. The van der Waals surface area contributed by atoms with E-state index < -0.39 is 5.97 Å². The zero-order chi connectivity index (χ0) is 13.4. The van der Waals surface area contributed by atoms with Crippen LogP contribution in [0.3, 0.4) is 0 Å². The van der Waals surface area contributed by atoms with Gasteiger partial charge in [-0.05, 0) is 37.6 Å². The van der Waals surface area contributed by atoms with E-state index in [2.05, 4.69) is 0 Å². The monoisotopic (exact) mass is 244 g/mol. The zero-order valence-corrected chi connectivity index (χ0v) is 10.5. The first kappa shape index (κ1) is 13.8. The lowest BCUT2D eigenvalue weighted by Gasteiger charge is -1.90. The van der Waals surface area contributed by atoms with Crippen molar-refractivity contribution in [1.29, 1.82) is 0 Å². The van der Waals surface area contributed by atoms with Gasteiger partial charge in [0.2, 0.25) is 0 Å². The minimum absolute atomic E-state index is 0.696. The fraction of sp³-hybridized carbons (Fsp3) is 0.133. The molecular weight excluding hydrogens is 228 g/mol. The highest BCUT2D eigenvalue weighted by Gasteiger charge is 1.89. The van der Waals surface area contributed by atoms with E-state index in [4.69, 9.17) is 9.52 Å². The molecule has 0 unspecified atom stereocenters. The average molecular weight is 244 g/mol. The summed E-state index contributed by atoms with van der Waals surface area (Å²) in [4.78, 5) is 10.4. The minimum atomic E-state index is -0.935. The highest BCUT2D eigenvalue weighted by Crippen LogP contribution is 2.06. The van der Waals surface area contributed by atoms with Gasteiger partial charge in [0, 0.05) is 6.08 Å². The maximum atomic E-state index is 10.4. The van der Waals surface area contributed by atoms with Crippen LogP contribution < -0.4 is 0 Å². The third-order valence-electron chi connectivity index (χ3n) is 2.12. The first-order valence-electron chi connectivity index (χ1n) is 5.55. The number of hydrogen-bond donors (Lipinski definition) is 1. The third kappa shape index (κ3) is 5.70. The van der Waals surface area contributed by atoms with Crippen LogP contribution in [0.15, 0.2) is 64.3 Å². The Labute approximate surface area is 106 Å². The maximum absolute atomic E-state index is 10.4. The molecule has 0 saturated heterocycles. The van der Waals surface area contributed by atoms with Gasteiger partial charge >= 0.3 is 5.97 Å². The number of allylic oxidation sites excluding steroid dienone is 6. The van der Waals surface area contributed by atoms with Crippen LogP contribution >= 0.6 is 0 Å². The summed E-state index contributed by atoms with van der Waals surface area (Å²) in [6, 6.07) is 3.71. The predicted molar refractivity (Wildman–Crippen MR) is 72.0 cm³/mol. The molecule has 0 radical (unpaired) electrons. The Morgan fingerprint density at radius 3 is 2.67 bits per heavy atom. The number of carboxylic acid groups (broad SMARTS) is 1. The quantitative estimate of drug-likeness (QED) is 0.632. The van der Waals surface area contributed by atoms with Crippen LogP contribution in [0.1, 0.15) is 19.6 Å². The third-order valence-corrected chi connectivity index (χ3v) is 2.12. The van der Waals surface area contributed by atoms with Crippen LogP contribution in [0, 0.1) is 0 Å². The van der Waals surface area contributed by atoms with Crippen molar-refractivity contribution in [3.8, 4) is 0 Å². The summed E-state index contributed by atoms with van der Waals surface area (Å²) in [5.41, 5.74) is 1.74. The number of aliphatic carboxylic acids is 1. The highest BCUT2D eigenvalue weighted by molar-refractivity contribution is 5.81. The van der Waals surface area contributed by atoms with Crippen molar-refractivity contribution in [1.82, 2.24) is 0 Å². The van der Waals surface area contributed by atoms with Crippen LogP contribution in [0.4, 0.5) is 0 Å². The summed E-state index contributed by atoms with van der Waals surface area (Å²) >= 11 is 0. The van der Waals surface area contributed by atoms with E-state index in [0.29, 0.717) is 5.57 Å². The van der Waals surface area contributed by atoms with Crippen molar-refractivity contribution in [2.45, 2.75) is 13.8 Å². The molecule has 0 aliphatic carbocycles. The topological polar surface area (TPSA) is 50.4 Å². The van der Waals surface area contributed by atoms with Crippen LogP contribution in [0.5, 0.6) is 0 Å². The van der Waals surface area contributed by atoms with E-state index in [9.17, 15) is 4.79 Å². The van der Waals surface area contributed by atoms with Crippen LogP contribution in [-0.2, 0) is 4.79 Å². The van der Waals surface area contributed by atoms with Crippen molar-refractivity contribution < 1.29 is 14.3 Å². The number of carbonyl (C=O) groups is 1. The van der Waals surface area contributed by atoms with Crippen molar-refractivity contribution in [3.05, 3.63) is 65.7 Å². The van der Waals surface area contributed by atoms with E-state index in [1.165, 1.54) is 6.08 Å². The van der Waals surface area contributed by atoms with Crippen LogP contribution in [-0.4, -0.2) is 11.1 Å². The standard InChI is InChI=1S/C15H16O3/c1-12(8-9-14-7-4-10-18-14)5-3-6-13(2)11-15(16)17/h3-11H,1-2H3,(H,16,17)/b6-3+,9-8+,12-5+,13-11+. The first-order valence-corrected chi connectivity index (χ1v) is 5.55. The molecule has 1 aromatic rings. The summed E-state index contributed by atoms with van der Waals surface area (Å²) in [5.74, 6) is -0.135. The second-order valence-electron chi connectivity index (χ2n) is 3.85. The Balaban J connectivity index is 2.57. The van der Waals surface area contributed by atoms with Gasteiger partial charge in [0.15, 0.2) is 0 Å². The van der Waals surface area contributed by atoms with Gasteiger partial charge < -0.3 is 9.52 Å². The number of rotatable bonds is 5. The molecule has 0 saturated carbocycles. The molecule has 3 heteroatoms. The molecule has 0 aromatic carbocycles. The Morgan fingerprint density at radius 1 is 1.28 bits per heavy atom. The number of furan rings is 1. The summed E-state index contributed by atoms with van der Waals surface area (Å²) in [6.45, 7) is 3.70. The number of carboxylic acids is 1. The van der Waals surface area contributed by atoms with Crippen molar-refractivity contribution >= 4 is 12.0 Å². The van der Waals surface area contributed by atoms with Gasteiger partial charge in [0.25, 0.3) is 0 Å². The lowest BCUT2D eigenvalue weighted by Crippen LogP contribution is -1.87. The Morgan fingerprint density at radius 2 is 2.06 bits per heavy atom. The maximum Gasteiger partial charge on any atom is 0.328 e. The molecule has 3 nitrogen and oxygen atoms in total. The van der Waals surface area contributed by atoms with Gasteiger partial charge in [0.05, 0.1) is 6.26 Å². The van der Waals surface area contributed by atoms with Crippen molar-refractivity contribution in [2.75, 3.05) is 0 Å². The lowest BCUT2D eigenvalue weighted by atomic mass is 10.2. The van der Waals surface area contributed by atoms with Gasteiger partial charge in [-0.1, -0.05) is 29.9 Å².